The second-order valence-corrected chi connectivity index (χ2v) is 15.4. The molecule has 0 aromatic heterocycles. The number of rotatable bonds is 7. The van der Waals surface area contributed by atoms with Crippen LogP contribution in [0.25, 0.3) is 0 Å². The molecule has 172 valence electrons. The molecule has 0 fully saturated rings. The fourth-order valence-electron chi connectivity index (χ4n) is 4.06. The molecule has 0 aromatic carbocycles. The Morgan fingerprint density at radius 1 is 0.933 bits per heavy atom. The van der Waals surface area contributed by atoms with Gasteiger partial charge in [-0.25, -0.2) is 0 Å². The zero-order chi connectivity index (χ0) is 22.8. The first-order chi connectivity index (χ1) is 13.1. The standard InChI is InChI=1S/C20H38NP.C7H12.Ti/c1-18(2,3)14-22(15-19(4,5)6,16-20(7,8)9)21-17-12-10-11-13-17;1-3-5-7-6-4-2;/h10-12H,13-16H2,1-9H3;3,5,7H,1,4,6H2,2H3;. The molecular formula is C27H50NPTi. The molecule has 0 unspecified atom stereocenters. The van der Waals surface area contributed by atoms with E-state index in [-0.39, 0.29) is 21.7 Å². The van der Waals surface area contributed by atoms with E-state index >= 15 is 0 Å². The summed E-state index contributed by atoms with van der Waals surface area (Å²) in [7, 11) is -1.39. The van der Waals surface area contributed by atoms with Crippen molar-refractivity contribution in [2.24, 2.45) is 21.0 Å². The smallest absolute Gasteiger partial charge is 0.0425 e. The van der Waals surface area contributed by atoms with E-state index < -0.39 is 7.05 Å². The molecule has 0 aliphatic heterocycles. The molecule has 30 heavy (non-hydrogen) atoms. The van der Waals surface area contributed by atoms with Crippen molar-refractivity contribution in [2.75, 3.05) is 18.5 Å². The molecule has 0 bridgehead atoms. The van der Waals surface area contributed by atoms with Crippen LogP contribution in [0.4, 0.5) is 0 Å². The van der Waals surface area contributed by atoms with Gasteiger partial charge in [-0.2, -0.15) is 0 Å². The summed E-state index contributed by atoms with van der Waals surface area (Å²) in [6, 6.07) is 0. The van der Waals surface area contributed by atoms with E-state index in [0.717, 1.165) is 6.42 Å². The van der Waals surface area contributed by atoms with Crippen molar-refractivity contribution in [3.05, 3.63) is 48.7 Å². The van der Waals surface area contributed by atoms with E-state index in [2.05, 4.69) is 100 Å². The van der Waals surface area contributed by atoms with E-state index in [1.165, 1.54) is 37.0 Å². The first-order valence-electron chi connectivity index (χ1n) is 11.3. The summed E-state index contributed by atoms with van der Waals surface area (Å²) in [5.41, 5.74) is 2.31. The van der Waals surface area contributed by atoms with Crippen LogP contribution < -0.4 is 0 Å². The Kier molecular flexibility index (Phi) is 15.1. The molecular weight excluding hydrogens is 417 g/mol. The Labute approximate surface area is 204 Å². The van der Waals surface area contributed by atoms with Crippen molar-refractivity contribution in [3.63, 3.8) is 0 Å². The Morgan fingerprint density at radius 2 is 1.40 bits per heavy atom. The van der Waals surface area contributed by atoms with Crippen LogP contribution >= 0.6 is 7.05 Å². The molecule has 0 heterocycles. The normalized spacial score (nSPS) is 14.7. The molecule has 1 aliphatic rings. The number of allylic oxidation sites excluding steroid dienone is 6. The van der Waals surface area contributed by atoms with Gasteiger partial charge in [0, 0.05) is 33.8 Å². The topological polar surface area (TPSA) is 12.4 Å². The number of unbranched alkanes of at least 4 members (excludes halogenated alkanes) is 1. The summed E-state index contributed by atoms with van der Waals surface area (Å²) < 4.78 is 5.47. The second-order valence-electron chi connectivity index (χ2n) is 12.1. The van der Waals surface area contributed by atoms with Gasteiger partial charge in [-0.15, -0.1) is 0 Å². The Hall–Kier alpha value is -0.0957. The quantitative estimate of drug-likeness (QED) is 0.201. The van der Waals surface area contributed by atoms with Crippen LogP contribution in [0.15, 0.2) is 53.5 Å². The molecule has 3 heteroatoms. The van der Waals surface area contributed by atoms with Crippen LogP contribution in [-0.4, -0.2) is 18.5 Å². The predicted molar refractivity (Wildman–Crippen MR) is 138 cm³/mol. The molecule has 1 aliphatic carbocycles. The summed E-state index contributed by atoms with van der Waals surface area (Å²) in [6.45, 7) is 27.1. The minimum absolute atomic E-state index is 0. The van der Waals surface area contributed by atoms with Crippen molar-refractivity contribution in [1.29, 1.82) is 0 Å². The number of nitrogens with zero attached hydrogens (tertiary/aromatic N) is 1. The maximum Gasteiger partial charge on any atom is 0.0425 e. The molecule has 1 rings (SSSR count). The third-order valence-electron chi connectivity index (χ3n) is 4.13. The predicted octanol–water partition coefficient (Wildman–Crippen LogP) is 9.70. The fourth-order valence-corrected chi connectivity index (χ4v) is 10.6. The summed E-state index contributed by atoms with van der Waals surface area (Å²) >= 11 is 0. The number of hydrogen-bond donors (Lipinski definition) is 0. The van der Waals surface area contributed by atoms with E-state index in [1.54, 1.807) is 6.08 Å². The monoisotopic (exact) mass is 467 g/mol. The van der Waals surface area contributed by atoms with Gasteiger partial charge >= 0.3 is 0 Å². The molecule has 0 saturated heterocycles. The van der Waals surface area contributed by atoms with Crippen LogP contribution in [-0.2, 0) is 21.7 Å². The van der Waals surface area contributed by atoms with Gasteiger partial charge in [0.2, 0.25) is 0 Å². The van der Waals surface area contributed by atoms with Gasteiger partial charge < -0.3 is 0 Å². The van der Waals surface area contributed by atoms with Crippen LogP contribution in [0.3, 0.4) is 0 Å². The third-order valence-corrected chi connectivity index (χ3v) is 9.42. The van der Waals surface area contributed by atoms with Crippen molar-refractivity contribution in [1.82, 2.24) is 0 Å². The fraction of sp³-hybridized carbons (Fsp3) is 0.704. The molecule has 1 nitrogen and oxygen atoms in total. The minimum atomic E-state index is -1.39. The van der Waals surface area contributed by atoms with Gasteiger partial charge in [0.05, 0.1) is 0 Å². The van der Waals surface area contributed by atoms with Gasteiger partial charge in [-0.05, 0) is 54.3 Å². The van der Waals surface area contributed by atoms with Gasteiger partial charge in [0.25, 0.3) is 0 Å². The SMILES string of the molecule is C=CC=CCCC.CC(C)(C)CP(CC(C)(C)C)(CC(C)(C)C)=NC1=CC=CC1.[Ti]. The van der Waals surface area contributed by atoms with Gasteiger partial charge in [-0.1, -0.05) is 113 Å². The zero-order valence-corrected chi connectivity index (χ0v) is 24.3. The molecule has 0 spiro atoms. The maximum atomic E-state index is 5.47. The average molecular weight is 468 g/mol. The Balaban J connectivity index is 0. The summed E-state index contributed by atoms with van der Waals surface area (Å²) in [5, 5.41) is 0. The first-order valence-corrected chi connectivity index (χ1v) is 13.6. The van der Waals surface area contributed by atoms with Crippen molar-refractivity contribution >= 4 is 7.05 Å². The third kappa shape index (κ3) is 17.6. The average Bonchev–Trinajstić information content (AvgIpc) is 2.95. The molecule has 0 aromatic rings. The molecule has 0 atom stereocenters. The van der Waals surface area contributed by atoms with Crippen LogP contribution in [0.2, 0.25) is 0 Å². The molecule has 0 saturated carbocycles. The maximum absolute atomic E-state index is 5.47. The largest absolute Gasteiger partial charge is 0.272 e. The summed E-state index contributed by atoms with van der Waals surface area (Å²) in [5.74, 6) is 0. The zero-order valence-electron chi connectivity index (χ0n) is 21.8. The van der Waals surface area contributed by atoms with Gasteiger partial charge in [0.15, 0.2) is 0 Å². The number of hydrogen-bond acceptors (Lipinski definition) is 1. The van der Waals surface area contributed by atoms with Gasteiger partial charge in [0.1, 0.15) is 0 Å². The van der Waals surface area contributed by atoms with E-state index in [9.17, 15) is 0 Å². The van der Waals surface area contributed by atoms with E-state index in [1.807, 2.05) is 6.08 Å². The summed E-state index contributed by atoms with van der Waals surface area (Å²) in [6.07, 6.45) is 19.7. The first kappa shape index (κ1) is 32.1. The van der Waals surface area contributed by atoms with Gasteiger partial charge in [-0.3, -0.25) is 4.74 Å². The van der Waals surface area contributed by atoms with Crippen LogP contribution in [0.1, 0.15) is 88.5 Å². The van der Waals surface area contributed by atoms with Crippen LogP contribution in [0, 0.1) is 16.2 Å². The molecule has 0 radical (unpaired) electrons. The minimum Gasteiger partial charge on any atom is -0.272 e. The van der Waals surface area contributed by atoms with E-state index in [4.69, 9.17) is 4.74 Å². The van der Waals surface area contributed by atoms with Crippen LogP contribution in [0.5, 0.6) is 0 Å². The van der Waals surface area contributed by atoms with E-state index in [0.29, 0.717) is 16.2 Å². The van der Waals surface area contributed by atoms with Crippen molar-refractivity contribution in [3.8, 4) is 0 Å². The Morgan fingerprint density at radius 3 is 1.70 bits per heavy atom. The Bertz CT molecular complexity index is 584. The van der Waals surface area contributed by atoms with Crippen molar-refractivity contribution < 1.29 is 21.7 Å². The second kappa shape index (κ2) is 14.1. The molecule has 0 amide bonds. The molecule has 0 N–H and O–H groups in total. The summed E-state index contributed by atoms with van der Waals surface area (Å²) in [4.78, 5) is 0. The van der Waals surface area contributed by atoms with Crippen molar-refractivity contribution in [2.45, 2.75) is 88.5 Å².